The number of rotatable bonds is 3. The molecule has 0 saturated carbocycles. The van der Waals surface area contributed by atoms with Crippen molar-refractivity contribution in [2.75, 3.05) is 0 Å². The lowest BCUT2D eigenvalue weighted by Gasteiger charge is -2.20. The molecule has 0 spiro atoms. The molecule has 0 aliphatic heterocycles. The van der Waals surface area contributed by atoms with Crippen LogP contribution in [0.4, 0.5) is 0 Å². The lowest BCUT2D eigenvalue weighted by Crippen LogP contribution is -2.11. The lowest BCUT2D eigenvalue weighted by atomic mass is 10.2. The summed E-state index contributed by atoms with van der Waals surface area (Å²) in [5.74, 6) is 0. The summed E-state index contributed by atoms with van der Waals surface area (Å²) >= 11 is 21.9. The fourth-order valence-electron chi connectivity index (χ4n) is 0.818. The van der Waals surface area contributed by atoms with E-state index in [9.17, 15) is 4.57 Å². The van der Waals surface area contributed by atoms with Gasteiger partial charge in [-0.05, 0) is 22.5 Å². The Morgan fingerprint density at radius 3 is 2.07 bits per heavy atom. The van der Waals surface area contributed by atoms with Crippen molar-refractivity contribution in [1.82, 2.24) is 0 Å². The fraction of sp³-hybridized carbons (Fsp3) is 0.143. The van der Waals surface area contributed by atoms with E-state index >= 15 is 0 Å². The predicted octanol–water partition coefficient (Wildman–Crippen LogP) is 4.88. The highest BCUT2D eigenvalue weighted by molar-refractivity contribution is 8.05. The molecule has 0 aliphatic rings. The Morgan fingerprint density at radius 2 is 1.64 bits per heavy atom. The molecule has 0 heterocycles. The SMILES string of the molecule is O=P(Cl)(Cl)OC(Cl)(Cl)c1ccccc1. The number of hydrogen-bond acceptors (Lipinski definition) is 2. The van der Waals surface area contributed by atoms with Gasteiger partial charge in [0.2, 0.25) is 0 Å². The number of alkyl halides is 2. The summed E-state index contributed by atoms with van der Waals surface area (Å²) in [6.45, 7) is 0. The van der Waals surface area contributed by atoms with Crippen LogP contribution in [0.1, 0.15) is 5.56 Å². The maximum Gasteiger partial charge on any atom is 0.382 e. The van der Waals surface area contributed by atoms with Crippen LogP contribution in [0.15, 0.2) is 30.3 Å². The zero-order valence-corrected chi connectivity index (χ0v) is 10.6. The van der Waals surface area contributed by atoms with Gasteiger partial charge in [-0.2, -0.15) is 0 Å². The maximum absolute atomic E-state index is 10.9. The van der Waals surface area contributed by atoms with Gasteiger partial charge in [0.15, 0.2) is 0 Å². The number of hydrogen-bond donors (Lipinski definition) is 0. The first-order chi connectivity index (χ1) is 6.31. The molecule has 0 aromatic heterocycles. The number of halogens is 4. The van der Waals surface area contributed by atoms with Crippen LogP contribution in [-0.4, -0.2) is 0 Å². The Balaban J connectivity index is 2.92. The Labute approximate surface area is 101 Å². The highest BCUT2D eigenvalue weighted by atomic mass is 35.9. The van der Waals surface area contributed by atoms with E-state index < -0.39 is 10.6 Å². The van der Waals surface area contributed by atoms with Crippen LogP contribution in [0.5, 0.6) is 0 Å². The topological polar surface area (TPSA) is 26.3 Å². The zero-order valence-electron chi connectivity index (χ0n) is 6.66. The van der Waals surface area contributed by atoms with Gasteiger partial charge in [-0.3, -0.25) is 9.09 Å². The minimum absolute atomic E-state index is 0.407. The maximum atomic E-state index is 10.9. The van der Waals surface area contributed by atoms with Crippen LogP contribution in [-0.2, 0) is 13.6 Å². The van der Waals surface area contributed by atoms with Crippen LogP contribution in [0, 0.1) is 0 Å². The van der Waals surface area contributed by atoms with Crippen molar-refractivity contribution < 1.29 is 9.09 Å². The Hall–Kier alpha value is 0.570. The van der Waals surface area contributed by atoms with Crippen molar-refractivity contribution in [2.45, 2.75) is 4.52 Å². The van der Waals surface area contributed by atoms with E-state index in [0.29, 0.717) is 5.56 Å². The molecule has 1 aromatic rings. The molecule has 0 atom stereocenters. The molecular weight excluding hydrogens is 289 g/mol. The molecule has 2 nitrogen and oxygen atoms in total. The first-order valence-corrected chi connectivity index (χ1v) is 7.64. The summed E-state index contributed by atoms with van der Waals surface area (Å²) in [5, 5.41) is 0. The quantitative estimate of drug-likeness (QED) is 0.586. The largest absolute Gasteiger partial charge is 0.382 e. The summed E-state index contributed by atoms with van der Waals surface area (Å²) in [6, 6.07) is 8.37. The first-order valence-electron chi connectivity index (χ1n) is 3.45. The highest BCUT2D eigenvalue weighted by Gasteiger charge is 2.35. The van der Waals surface area contributed by atoms with Gasteiger partial charge in [0, 0.05) is 5.56 Å². The molecule has 78 valence electrons. The zero-order chi connectivity index (χ0) is 10.8. The van der Waals surface area contributed by atoms with E-state index in [2.05, 4.69) is 4.52 Å². The molecule has 0 N–H and O–H groups in total. The predicted molar refractivity (Wildman–Crippen MR) is 60.2 cm³/mol. The van der Waals surface area contributed by atoms with Gasteiger partial charge in [-0.1, -0.05) is 53.5 Å². The minimum atomic E-state index is -3.77. The van der Waals surface area contributed by atoms with E-state index in [1.807, 2.05) is 0 Å². The van der Waals surface area contributed by atoms with Crippen molar-refractivity contribution >= 4 is 51.8 Å². The second-order valence-electron chi connectivity index (χ2n) is 2.39. The van der Waals surface area contributed by atoms with Crippen molar-refractivity contribution in [3.63, 3.8) is 0 Å². The van der Waals surface area contributed by atoms with Crippen LogP contribution in [0.25, 0.3) is 0 Å². The smallest absolute Gasteiger partial charge is 0.264 e. The van der Waals surface area contributed by atoms with E-state index in [0.717, 1.165) is 0 Å². The van der Waals surface area contributed by atoms with Crippen LogP contribution < -0.4 is 0 Å². The van der Waals surface area contributed by atoms with Crippen molar-refractivity contribution in [1.29, 1.82) is 0 Å². The van der Waals surface area contributed by atoms with E-state index in [4.69, 9.17) is 45.7 Å². The van der Waals surface area contributed by atoms with Crippen LogP contribution in [0.3, 0.4) is 0 Å². The second kappa shape index (κ2) is 4.61. The van der Waals surface area contributed by atoms with Crippen LogP contribution >= 0.6 is 51.8 Å². The Bertz CT molecular complexity index is 348. The van der Waals surface area contributed by atoms with E-state index in [1.54, 1.807) is 30.3 Å². The molecule has 0 saturated heterocycles. The molecule has 1 rings (SSSR count). The fourth-order valence-corrected chi connectivity index (χ4v) is 3.07. The molecular formula is C7H5Cl4O2P. The molecule has 0 unspecified atom stereocenters. The van der Waals surface area contributed by atoms with Gasteiger partial charge >= 0.3 is 6.07 Å². The molecule has 0 radical (unpaired) electrons. The van der Waals surface area contributed by atoms with Crippen molar-refractivity contribution in [3.8, 4) is 0 Å². The monoisotopic (exact) mass is 292 g/mol. The van der Waals surface area contributed by atoms with Gasteiger partial charge in [0.25, 0.3) is 4.52 Å². The van der Waals surface area contributed by atoms with Gasteiger partial charge in [-0.25, -0.2) is 0 Å². The van der Waals surface area contributed by atoms with Crippen molar-refractivity contribution in [3.05, 3.63) is 35.9 Å². The van der Waals surface area contributed by atoms with Crippen LogP contribution in [0.2, 0.25) is 0 Å². The van der Waals surface area contributed by atoms with Crippen molar-refractivity contribution in [2.24, 2.45) is 0 Å². The van der Waals surface area contributed by atoms with E-state index in [1.165, 1.54) is 0 Å². The summed E-state index contributed by atoms with van der Waals surface area (Å²) in [7, 11) is 0. The normalized spacial score (nSPS) is 12.9. The van der Waals surface area contributed by atoms with Gasteiger partial charge in [-0.15, -0.1) is 0 Å². The van der Waals surface area contributed by atoms with Gasteiger partial charge in [0.05, 0.1) is 0 Å². The third-order valence-corrected chi connectivity index (χ3v) is 3.04. The second-order valence-corrected chi connectivity index (χ2v) is 7.85. The van der Waals surface area contributed by atoms with Gasteiger partial charge in [0.1, 0.15) is 0 Å². The lowest BCUT2D eigenvalue weighted by molar-refractivity contribution is 0.264. The summed E-state index contributed by atoms with van der Waals surface area (Å²) in [6.07, 6.45) is -3.77. The van der Waals surface area contributed by atoms with E-state index in [-0.39, 0.29) is 0 Å². The molecule has 14 heavy (non-hydrogen) atoms. The molecule has 0 aliphatic carbocycles. The summed E-state index contributed by atoms with van der Waals surface area (Å²) in [5.41, 5.74) is 0.407. The third-order valence-electron chi connectivity index (χ3n) is 1.33. The summed E-state index contributed by atoms with van der Waals surface area (Å²) in [4.78, 5) is 0. The standard InChI is InChI=1S/C7H5Cl4O2P/c8-7(9,13-14(10,11)12)6-4-2-1-3-5-6/h1-5H. The summed E-state index contributed by atoms with van der Waals surface area (Å²) < 4.78 is 13.8. The third kappa shape index (κ3) is 3.98. The van der Waals surface area contributed by atoms with Gasteiger partial charge < -0.3 is 0 Å². The molecule has 0 bridgehead atoms. The first kappa shape index (κ1) is 12.6. The average molecular weight is 294 g/mol. The molecule has 0 amide bonds. The average Bonchev–Trinajstić information content (AvgIpc) is 2.01. The molecule has 7 heteroatoms. The Morgan fingerprint density at radius 1 is 1.14 bits per heavy atom. The Kier molecular flexibility index (Phi) is 4.16. The minimum Gasteiger partial charge on any atom is -0.264 e. The highest BCUT2D eigenvalue weighted by Crippen LogP contribution is 2.63. The molecule has 0 fully saturated rings. The number of benzene rings is 1. The molecule has 1 aromatic carbocycles.